The first kappa shape index (κ1) is 14.3. The molecule has 0 amide bonds. The molecule has 104 valence electrons. The van der Waals surface area contributed by atoms with Crippen LogP contribution in [-0.2, 0) is 0 Å². The van der Waals surface area contributed by atoms with Gasteiger partial charge in [0.25, 0.3) is 0 Å². The number of aromatic nitrogens is 1. The predicted molar refractivity (Wildman–Crippen MR) is 76.1 cm³/mol. The fourth-order valence-corrected chi connectivity index (χ4v) is 1.88. The molecule has 0 radical (unpaired) electrons. The number of carbonyl (C=O) groups is 1. The van der Waals surface area contributed by atoms with Gasteiger partial charge in [0.2, 0.25) is 0 Å². The molecule has 6 heteroatoms. The quantitative estimate of drug-likeness (QED) is 0.789. The first-order valence-corrected chi connectivity index (χ1v) is 6.31. The lowest BCUT2D eigenvalue weighted by molar-refractivity contribution is 0.0697. The van der Waals surface area contributed by atoms with Crippen LogP contribution in [0.15, 0.2) is 42.6 Å². The highest BCUT2D eigenvalue weighted by atomic mass is 35.5. The maximum Gasteiger partial charge on any atom is 0.337 e. The third kappa shape index (κ3) is 3.46. The number of carboxylic acids is 1. The van der Waals surface area contributed by atoms with Gasteiger partial charge in [-0.05, 0) is 11.6 Å². The van der Waals surface area contributed by atoms with Crippen LogP contribution in [0.4, 0.5) is 5.82 Å². The largest absolute Gasteiger partial charge is 0.478 e. The van der Waals surface area contributed by atoms with E-state index in [0.29, 0.717) is 5.82 Å². The number of nitrogens with one attached hydrogen (secondary N) is 1. The summed E-state index contributed by atoms with van der Waals surface area (Å²) in [6.07, 6.45) is 0.560. The van der Waals surface area contributed by atoms with Gasteiger partial charge in [0, 0.05) is 12.7 Å². The molecule has 1 atom stereocenters. The van der Waals surface area contributed by atoms with Crippen molar-refractivity contribution in [2.24, 2.45) is 0 Å². The molecular formula is C14H13ClN2O3. The van der Waals surface area contributed by atoms with Crippen LogP contribution in [0.3, 0.4) is 0 Å². The van der Waals surface area contributed by atoms with Crippen molar-refractivity contribution in [2.75, 3.05) is 11.9 Å². The number of carboxylic acid groups (broad SMARTS) is 1. The smallest absolute Gasteiger partial charge is 0.337 e. The molecule has 1 aromatic heterocycles. The second-order valence-electron chi connectivity index (χ2n) is 4.16. The van der Waals surface area contributed by atoms with Crippen LogP contribution < -0.4 is 5.32 Å². The van der Waals surface area contributed by atoms with Crippen molar-refractivity contribution >= 4 is 23.4 Å². The Labute approximate surface area is 120 Å². The monoisotopic (exact) mass is 292 g/mol. The van der Waals surface area contributed by atoms with Gasteiger partial charge in [0.1, 0.15) is 5.82 Å². The van der Waals surface area contributed by atoms with E-state index in [4.69, 9.17) is 16.7 Å². The predicted octanol–water partition coefficient (Wildman–Crippen LogP) is 2.58. The van der Waals surface area contributed by atoms with E-state index in [0.717, 1.165) is 5.56 Å². The van der Waals surface area contributed by atoms with Crippen LogP contribution in [0.2, 0.25) is 5.02 Å². The molecule has 0 aliphatic carbocycles. The van der Waals surface area contributed by atoms with Crippen molar-refractivity contribution in [3.8, 4) is 0 Å². The van der Waals surface area contributed by atoms with E-state index >= 15 is 0 Å². The molecule has 2 aromatic rings. The fourth-order valence-electron chi connectivity index (χ4n) is 1.69. The van der Waals surface area contributed by atoms with Gasteiger partial charge in [-0.3, -0.25) is 0 Å². The van der Waals surface area contributed by atoms with Gasteiger partial charge in [-0.1, -0.05) is 41.9 Å². The van der Waals surface area contributed by atoms with Gasteiger partial charge in [0.15, 0.2) is 0 Å². The van der Waals surface area contributed by atoms with Crippen LogP contribution in [0.5, 0.6) is 0 Å². The number of aliphatic hydroxyl groups excluding tert-OH is 1. The molecule has 0 aliphatic rings. The van der Waals surface area contributed by atoms with E-state index in [1.165, 1.54) is 12.3 Å². The molecule has 3 N–H and O–H groups in total. The van der Waals surface area contributed by atoms with Gasteiger partial charge < -0.3 is 15.5 Å². The standard InChI is InChI=1S/C14H13ClN2O3/c15-11-7-16-13(6-10(11)14(19)20)17-8-12(18)9-4-2-1-3-5-9/h1-7,12,18H,8H2,(H,16,17)(H,19,20). The van der Waals surface area contributed by atoms with Crippen molar-refractivity contribution in [3.05, 3.63) is 58.7 Å². The number of nitrogens with zero attached hydrogens (tertiary/aromatic N) is 1. The molecule has 1 unspecified atom stereocenters. The van der Waals surface area contributed by atoms with Gasteiger partial charge in [0.05, 0.1) is 16.7 Å². The number of halogens is 1. The van der Waals surface area contributed by atoms with Crippen molar-refractivity contribution in [1.82, 2.24) is 4.98 Å². The lowest BCUT2D eigenvalue weighted by Crippen LogP contribution is -2.13. The molecule has 5 nitrogen and oxygen atoms in total. The summed E-state index contributed by atoms with van der Waals surface area (Å²) in [5.41, 5.74) is 0.741. The van der Waals surface area contributed by atoms with Crippen LogP contribution in [0, 0.1) is 0 Å². The molecule has 0 aliphatic heterocycles. The summed E-state index contributed by atoms with van der Waals surface area (Å²) in [6.45, 7) is 0.220. The van der Waals surface area contributed by atoms with Crippen LogP contribution in [-0.4, -0.2) is 27.7 Å². The topological polar surface area (TPSA) is 82.5 Å². The van der Waals surface area contributed by atoms with Gasteiger partial charge in [-0.2, -0.15) is 0 Å². The SMILES string of the molecule is O=C(O)c1cc(NCC(O)c2ccccc2)ncc1Cl. The number of rotatable bonds is 5. The lowest BCUT2D eigenvalue weighted by Gasteiger charge is -2.13. The molecule has 0 saturated carbocycles. The molecule has 20 heavy (non-hydrogen) atoms. The first-order valence-electron chi connectivity index (χ1n) is 5.93. The number of aromatic carboxylic acids is 1. The van der Waals surface area contributed by atoms with Gasteiger partial charge >= 0.3 is 5.97 Å². The normalized spacial score (nSPS) is 11.9. The Morgan fingerprint density at radius 3 is 2.70 bits per heavy atom. The van der Waals surface area contributed by atoms with Crippen molar-refractivity contribution in [2.45, 2.75) is 6.10 Å². The van der Waals surface area contributed by atoms with Crippen molar-refractivity contribution < 1.29 is 15.0 Å². The highest BCUT2D eigenvalue weighted by molar-refractivity contribution is 6.33. The minimum absolute atomic E-state index is 0.0293. The summed E-state index contributed by atoms with van der Waals surface area (Å²) in [7, 11) is 0. The molecular weight excluding hydrogens is 280 g/mol. The van der Waals surface area contributed by atoms with Crippen LogP contribution in [0.25, 0.3) is 0 Å². The van der Waals surface area contributed by atoms with E-state index in [1.54, 1.807) is 0 Å². The number of hydrogen-bond donors (Lipinski definition) is 3. The van der Waals surface area contributed by atoms with Crippen molar-refractivity contribution in [1.29, 1.82) is 0 Å². The average molecular weight is 293 g/mol. The van der Waals surface area contributed by atoms with E-state index in [2.05, 4.69) is 10.3 Å². The maximum absolute atomic E-state index is 10.9. The third-order valence-electron chi connectivity index (χ3n) is 2.75. The first-order chi connectivity index (χ1) is 9.58. The Morgan fingerprint density at radius 2 is 2.05 bits per heavy atom. The maximum atomic E-state index is 10.9. The Morgan fingerprint density at radius 1 is 1.35 bits per heavy atom. The minimum Gasteiger partial charge on any atom is -0.478 e. The molecule has 1 heterocycles. The molecule has 1 aromatic carbocycles. The minimum atomic E-state index is -1.12. The Hall–Kier alpha value is -2.11. The number of anilines is 1. The zero-order chi connectivity index (χ0) is 14.5. The Kier molecular flexibility index (Phi) is 4.55. The second kappa shape index (κ2) is 6.36. The zero-order valence-electron chi connectivity index (χ0n) is 10.5. The summed E-state index contributed by atoms with van der Waals surface area (Å²) < 4.78 is 0. The molecule has 0 fully saturated rings. The van der Waals surface area contributed by atoms with Crippen molar-refractivity contribution in [3.63, 3.8) is 0 Å². The lowest BCUT2D eigenvalue weighted by atomic mass is 10.1. The van der Waals surface area contributed by atoms with Crippen LogP contribution >= 0.6 is 11.6 Å². The second-order valence-corrected chi connectivity index (χ2v) is 4.57. The summed E-state index contributed by atoms with van der Waals surface area (Å²) in [6, 6.07) is 10.5. The molecule has 0 spiro atoms. The fraction of sp³-hybridized carbons (Fsp3) is 0.143. The van der Waals surface area contributed by atoms with E-state index in [-0.39, 0.29) is 17.1 Å². The average Bonchev–Trinajstić information content (AvgIpc) is 2.46. The summed E-state index contributed by atoms with van der Waals surface area (Å²) in [5.74, 6) is -0.772. The number of benzene rings is 1. The molecule has 0 bridgehead atoms. The van der Waals surface area contributed by atoms with Gasteiger partial charge in [-0.25, -0.2) is 9.78 Å². The third-order valence-corrected chi connectivity index (χ3v) is 3.05. The summed E-state index contributed by atoms with van der Waals surface area (Å²) >= 11 is 5.73. The number of hydrogen-bond acceptors (Lipinski definition) is 4. The molecule has 0 saturated heterocycles. The van der Waals surface area contributed by atoms with Gasteiger partial charge in [-0.15, -0.1) is 0 Å². The highest BCUT2D eigenvalue weighted by Gasteiger charge is 2.11. The summed E-state index contributed by atoms with van der Waals surface area (Å²) in [5, 5.41) is 21.9. The number of pyridine rings is 1. The molecule has 2 rings (SSSR count). The van der Waals surface area contributed by atoms with E-state index < -0.39 is 12.1 Å². The Balaban J connectivity index is 2.04. The Bertz CT molecular complexity index is 605. The van der Waals surface area contributed by atoms with E-state index in [9.17, 15) is 9.90 Å². The highest BCUT2D eigenvalue weighted by Crippen LogP contribution is 2.19. The zero-order valence-corrected chi connectivity index (χ0v) is 11.2. The number of aliphatic hydroxyl groups is 1. The van der Waals surface area contributed by atoms with E-state index in [1.807, 2.05) is 30.3 Å². The van der Waals surface area contributed by atoms with Crippen LogP contribution in [0.1, 0.15) is 22.0 Å². The summed E-state index contributed by atoms with van der Waals surface area (Å²) in [4.78, 5) is 14.9.